The van der Waals surface area contributed by atoms with Gasteiger partial charge in [0.05, 0.1) is 11.7 Å². The van der Waals surface area contributed by atoms with Crippen LogP contribution in [0.25, 0.3) is 0 Å². The van der Waals surface area contributed by atoms with E-state index in [1.807, 2.05) is 0 Å². The first-order valence-electron chi connectivity index (χ1n) is 4.76. The lowest BCUT2D eigenvalue weighted by Gasteiger charge is -2.12. The van der Waals surface area contributed by atoms with E-state index in [4.69, 9.17) is 5.73 Å². The van der Waals surface area contributed by atoms with Crippen LogP contribution in [0.5, 0.6) is 0 Å². The van der Waals surface area contributed by atoms with Gasteiger partial charge < -0.3 is 5.73 Å². The maximum absolute atomic E-state index is 13.1. The predicted octanol–water partition coefficient (Wildman–Crippen LogP) is 1.90. The largest absolute Gasteiger partial charge is 0.319 e. The Balaban J connectivity index is 2.43. The zero-order valence-electron chi connectivity index (χ0n) is 8.86. The van der Waals surface area contributed by atoms with Gasteiger partial charge in [0.1, 0.15) is 0 Å². The number of aromatic nitrogens is 3. The van der Waals surface area contributed by atoms with E-state index < -0.39 is 17.7 Å². The average Bonchev–Trinajstić information content (AvgIpc) is 2.62. The minimum atomic E-state index is -0.927. The molecule has 0 aliphatic heterocycles. The van der Waals surface area contributed by atoms with E-state index in [0.717, 1.165) is 12.1 Å². The second-order valence-electron chi connectivity index (χ2n) is 3.54. The second-order valence-corrected chi connectivity index (χ2v) is 4.29. The first-order chi connectivity index (χ1) is 8.00. The molecule has 7 heteroatoms. The number of rotatable bonds is 2. The number of nitrogens with two attached hydrogens (primary N) is 1. The van der Waals surface area contributed by atoms with Crippen LogP contribution in [0.4, 0.5) is 8.78 Å². The topological polar surface area (TPSA) is 56.7 Å². The first-order valence-corrected chi connectivity index (χ1v) is 5.55. The molecular weight excluding hydrogens is 294 g/mol. The van der Waals surface area contributed by atoms with Crippen LogP contribution in [0, 0.1) is 11.6 Å². The highest BCUT2D eigenvalue weighted by Crippen LogP contribution is 2.25. The van der Waals surface area contributed by atoms with Crippen molar-refractivity contribution in [2.24, 2.45) is 12.8 Å². The molecule has 1 atom stereocenters. The Kier molecular flexibility index (Phi) is 3.21. The molecule has 2 aromatic rings. The van der Waals surface area contributed by atoms with E-state index in [1.54, 1.807) is 7.05 Å². The Morgan fingerprint density at radius 2 is 2.06 bits per heavy atom. The predicted molar refractivity (Wildman–Crippen MR) is 61.1 cm³/mol. The monoisotopic (exact) mass is 302 g/mol. The van der Waals surface area contributed by atoms with Crippen LogP contribution in [0.2, 0.25) is 0 Å². The van der Waals surface area contributed by atoms with Gasteiger partial charge in [-0.1, -0.05) is 11.3 Å². The Hall–Kier alpha value is -1.34. The SMILES string of the molecule is Cn1nnc(Br)c1C(N)c1ccc(F)c(F)c1. The number of aryl methyl sites for hydroxylation is 1. The Morgan fingerprint density at radius 1 is 1.35 bits per heavy atom. The van der Waals surface area contributed by atoms with Gasteiger partial charge in [-0.25, -0.2) is 13.5 Å². The fourth-order valence-corrected chi connectivity index (χ4v) is 2.11. The van der Waals surface area contributed by atoms with Crippen molar-refractivity contribution in [3.63, 3.8) is 0 Å². The molecule has 0 saturated carbocycles. The van der Waals surface area contributed by atoms with E-state index in [0.29, 0.717) is 15.9 Å². The smallest absolute Gasteiger partial charge is 0.159 e. The van der Waals surface area contributed by atoms with Gasteiger partial charge in [-0.3, -0.25) is 0 Å². The zero-order chi connectivity index (χ0) is 12.6. The van der Waals surface area contributed by atoms with Gasteiger partial charge in [0.2, 0.25) is 0 Å². The van der Waals surface area contributed by atoms with Crippen molar-refractivity contribution in [2.75, 3.05) is 0 Å². The lowest BCUT2D eigenvalue weighted by molar-refractivity contribution is 0.505. The summed E-state index contributed by atoms with van der Waals surface area (Å²) in [5.41, 5.74) is 7.01. The van der Waals surface area contributed by atoms with Gasteiger partial charge >= 0.3 is 0 Å². The molecule has 4 nitrogen and oxygen atoms in total. The Morgan fingerprint density at radius 3 is 2.59 bits per heavy atom. The van der Waals surface area contributed by atoms with Gasteiger partial charge in [-0.05, 0) is 33.6 Å². The fraction of sp³-hybridized carbons (Fsp3) is 0.200. The zero-order valence-corrected chi connectivity index (χ0v) is 10.4. The van der Waals surface area contributed by atoms with Crippen LogP contribution in [-0.4, -0.2) is 15.0 Å². The van der Waals surface area contributed by atoms with Crippen molar-refractivity contribution < 1.29 is 8.78 Å². The molecule has 0 amide bonds. The molecular formula is C10H9BrF2N4. The van der Waals surface area contributed by atoms with Gasteiger partial charge in [-0.15, -0.1) is 5.10 Å². The summed E-state index contributed by atoms with van der Waals surface area (Å²) in [7, 11) is 1.67. The number of hydrogen-bond donors (Lipinski definition) is 1. The third-order valence-corrected chi connectivity index (χ3v) is 2.99. The van der Waals surface area contributed by atoms with Crippen molar-refractivity contribution in [3.8, 4) is 0 Å². The van der Waals surface area contributed by atoms with E-state index in [1.165, 1.54) is 10.7 Å². The van der Waals surface area contributed by atoms with E-state index in [9.17, 15) is 8.78 Å². The van der Waals surface area contributed by atoms with Crippen LogP contribution >= 0.6 is 15.9 Å². The number of benzene rings is 1. The Bertz CT molecular complexity index is 536. The highest BCUT2D eigenvalue weighted by molar-refractivity contribution is 9.10. The second kappa shape index (κ2) is 4.50. The molecule has 1 unspecified atom stereocenters. The maximum atomic E-state index is 13.1. The molecule has 1 heterocycles. The van der Waals surface area contributed by atoms with Crippen LogP contribution < -0.4 is 5.73 Å². The molecule has 2 rings (SSSR count). The molecule has 0 spiro atoms. The average molecular weight is 303 g/mol. The van der Waals surface area contributed by atoms with Crippen molar-refractivity contribution in [1.82, 2.24) is 15.0 Å². The molecule has 0 aliphatic carbocycles. The van der Waals surface area contributed by atoms with Gasteiger partial charge in [0.15, 0.2) is 16.2 Å². The van der Waals surface area contributed by atoms with Gasteiger partial charge in [-0.2, -0.15) is 0 Å². The number of hydrogen-bond acceptors (Lipinski definition) is 3. The quantitative estimate of drug-likeness (QED) is 0.922. The molecule has 2 N–H and O–H groups in total. The van der Waals surface area contributed by atoms with E-state index in [2.05, 4.69) is 26.2 Å². The minimum Gasteiger partial charge on any atom is -0.319 e. The van der Waals surface area contributed by atoms with Crippen LogP contribution in [0.1, 0.15) is 17.3 Å². The molecule has 1 aromatic carbocycles. The summed E-state index contributed by atoms with van der Waals surface area (Å²) in [5, 5.41) is 7.56. The molecule has 1 aromatic heterocycles. The lowest BCUT2D eigenvalue weighted by atomic mass is 10.0. The molecule has 90 valence electrons. The van der Waals surface area contributed by atoms with E-state index >= 15 is 0 Å². The summed E-state index contributed by atoms with van der Waals surface area (Å²) in [6, 6.07) is 2.92. The summed E-state index contributed by atoms with van der Waals surface area (Å²) in [6.07, 6.45) is 0. The van der Waals surface area contributed by atoms with Crippen LogP contribution in [0.3, 0.4) is 0 Å². The summed E-state index contributed by atoms with van der Waals surface area (Å²) in [4.78, 5) is 0. The van der Waals surface area contributed by atoms with Crippen molar-refractivity contribution in [1.29, 1.82) is 0 Å². The molecule has 17 heavy (non-hydrogen) atoms. The molecule has 0 bridgehead atoms. The van der Waals surface area contributed by atoms with Crippen molar-refractivity contribution in [3.05, 3.63) is 45.7 Å². The Labute approximate surface area is 105 Å². The lowest BCUT2D eigenvalue weighted by Crippen LogP contribution is -2.16. The molecule has 0 aliphatic rings. The molecule has 0 saturated heterocycles. The van der Waals surface area contributed by atoms with E-state index in [-0.39, 0.29) is 0 Å². The van der Waals surface area contributed by atoms with Crippen LogP contribution in [-0.2, 0) is 7.05 Å². The standard InChI is InChI=1S/C10H9BrF2N4/c1-17-9(10(11)15-16-17)8(14)5-2-3-6(12)7(13)4-5/h2-4,8H,14H2,1H3. The molecule has 0 fully saturated rings. The summed E-state index contributed by atoms with van der Waals surface area (Å²) in [6.45, 7) is 0. The third-order valence-electron chi connectivity index (χ3n) is 2.42. The van der Waals surface area contributed by atoms with Crippen molar-refractivity contribution in [2.45, 2.75) is 6.04 Å². The summed E-state index contributed by atoms with van der Waals surface area (Å²) >= 11 is 3.21. The fourth-order valence-electron chi connectivity index (χ4n) is 1.53. The summed E-state index contributed by atoms with van der Waals surface area (Å²) < 4.78 is 27.9. The maximum Gasteiger partial charge on any atom is 0.159 e. The minimum absolute atomic E-state index is 0.454. The number of nitrogens with zero attached hydrogens (tertiary/aromatic N) is 3. The van der Waals surface area contributed by atoms with Gasteiger partial charge in [0, 0.05) is 7.05 Å². The normalized spacial score (nSPS) is 12.8. The molecule has 0 radical (unpaired) electrons. The summed E-state index contributed by atoms with van der Waals surface area (Å²) in [5.74, 6) is -1.83. The highest BCUT2D eigenvalue weighted by atomic mass is 79.9. The highest BCUT2D eigenvalue weighted by Gasteiger charge is 2.19. The number of halogens is 3. The van der Waals surface area contributed by atoms with Crippen LogP contribution in [0.15, 0.2) is 22.8 Å². The van der Waals surface area contributed by atoms with Gasteiger partial charge in [0.25, 0.3) is 0 Å². The third kappa shape index (κ3) is 2.20. The first kappa shape index (κ1) is 12.1. The van der Waals surface area contributed by atoms with Crippen molar-refractivity contribution >= 4 is 15.9 Å².